The van der Waals surface area contributed by atoms with Crippen molar-refractivity contribution in [2.75, 3.05) is 19.5 Å². The Morgan fingerprint density at radius 3 is 2.48 bits per heavy atom. The maximum Gasteiger partial charge on any atom is 0.339 e. The summed E-state index contributed by atoms with van der Waals surface area (Å²) in [6.07, 6.45) is 0. The predicted octanol–water partition coefficient (Wildman–Crippen LogP) is 2.26. The van der Waals surface area contributed by atoms with Gasteiger partial charge in [-0.1, -0.05) is 18.2 Å². The number of aryl methyl sites for hydroxylation is 1. The normalized spacial score (nSPS) is 11.1. The van der Waals surface area contributed by atoms with E-state index in [0.29, 0.717) is 5.56 Å². The second kappa shape index (κ2) is 7.43. The maximum absolute atomic E-state index is 12.4. The molecule has 8 heteroatoms. The van der Waals surface area contributed by atoms with Gasteiger partial charge < -0.3 is 19.7 Å². The Balaban J connectivity index is 2.16. The molecule has 134 valence electrons. The third kappa shape index (κ3) is 4.21. The zero-order chi connectivity index (χ0) is 18.6. The van der Waals surface area contributed by atoms with E-state index < -0.39 is 27.1 Å². The zero-order valence-electron chi connectivity index (χ0n) is 13.7. The van der Waals surface area contributed by atoms with Crippen LogP contribution in [0.15, 0.2) is 41.3 Å². The minimum absolute atomic E-state index is 0.0725. The first-order valence-electron chi connectivity index (χ1n) is 7.31. The van der Waals surface area contributed by atoms with Crippen molar-refractivity contribution in [3.05, 3.63) is 47.5 Å². The molecule has 0 aromatic heterocycles. The molecule has 0 unspecified atom stereocenters. The van der Waals surface area contributed by atoms with Gasteiger partial charge in [-0.2, -0.15) is 0 Å². The van der Waals surface area contributed by atoms with E-state index >= 15 is 0 Å². The lowest BCUT2D eigenvalue weighted by Crippen LogP contribution is -2.15. The summed E-state index contributed by atoms with van der Waals surface area (Å²) in [5, 5.41) is 18.8. The number of hydrogen-bond acceptors (Lipinski definition) is 6. The molecule has 0 aliphatic heterocycles. The molecule has 0 aliphatic carbocycles. The smallest absolute Gasteiger partial charge is 0.339 e. The molecule has 0 atom stereocenters. The highest BCUT2D eigenvalue weighted by molar-refractivity contribution is 7.91. The average Bonchev–Trinajstić information content (AvgIpc) is 2.55. The Morgan fingerprint density at radius 2 is 1.88 bits per heavy atom. The van der Waals surface area contributed by atoms with Gasteiger partial charge in [0, 0.05) is 6.07 Å². The molecule has 0 saturated heterocycles. The zero-order valence-corrected chi connectivity index (χ0v) is 14.5. The number of ether oxygens (including phenoxy) is 2. The molecule has 0 aliphatic rings. The van der Waals surface area contributed by atoms with Crippen molar-refractivity contribution in [1.82, 2.24) is 0 Å². The average molecular weight is 366 g/mol. The van der Waals surface area contributed by atoms with Crippen LogP contribution in [-0.4, -0.2) is 44.1 Å². The summed E-state index contributed by atoms with van der Waals surface area (Å²) >= 11 is 0. The minimum Gasteiger partial charge on any atom is -0.504 e. The highest BCUT2D eigenvalue weighted by atomic mass is 32.2. The Hall–Kier alpha value is -2.74. The van der Waals surface area contributed by atoms with E-state index in [1.807, 2.05) is 0 Å². The van der Waals surface area contributed by atoms with Gasteiger partial charge in [0.25, 0.3) is 0 Å². The molecule has 2 aromatic rings. The van der Waals surface area contributed by atoms with Crippen LogP contribution in [0.25, 0.3) is 0 Å². The molecule has 0 fully saturated rings. The predicted molar refractivity (Wildman–Crippen MR) is 90.3 cm³/mol. The number of methoxy groups -OCH3 is 1. The molecule has 2 rings (SSSR count). The van der Waals surface area contributed by atoms with Crippen LogP contribution in [0.5, 0.6) is 17.2 Å². The van der Waals surface area contributed by atoms with E-state index in [4.69, 9.17) is 14.6 Å². The third-order valence-electron chi connectivity index (χ3n) is 3.55. The Bertz CT molecular complexity index is 888. The van der Waals surface area contributed by atoms with Gasteiger partial charge in [0.15, 0.2) is 21.3 Å². The SMILES string of the molecule is COc1cc(OCCS(=O)(=O)c2ccccc2C)cc(C(=O)O)c1O. The molecule has 0 bridgehead atoms. The first kappa shape index (κ1) is 18.6. The van der Waals surface area contributed by atoms with Crippen molar-refractivity contribution >= 4 is 15.8 Å². The number of phenols is 1. The van der Waals surface area contributed by atoms with Gasteiger partial charge in [0.2, 0.25) is 0 Å². The van der Waals surface area contributed by atoms with Crippen molar-refractivity contribution < 1.29 is 32.9 Å². The minimum atomic E-state index is -3.53. The number of aromatic hydroxyl groups is 1. The topological polar surface area (TPSA) is 110 Å². The van der Waals surface area contributed by atoms with E-state index in [2.05, 4.69) is 0 Å². The van der Waals surface area contributed by atoms with Gasteiger partial charge >= 0.3 is 5.97 Å². The molecule has 0 heterocycles. The van der Waals surface area contributed by atoms with Crippen LogP contribution in [0, 0.1) is 6.92 Å². The molecule has 7 nitrogen and oxygen atoms in total. The molecular weight excluding hydrogens is 348 g/mol. The number of benzene rings is 2. The summed E-state index contributed by atoms with van der Waals surface area (Å²) in [4.78, 5) is 11.4. The van der Waals surface area contributed by atoms with Gasteiger partial charge in [-0.15, -0.1) is 0 Å². The summed E-state index contributed by atoms with van der Waals surface area (Å²) in [5.41, 5.74) is 0.248. The van der Waals surface area contributed by atoms with E-state index in [9.17, 15) is 18.3 Å². The van der Waals surface area contributed by atoms with Crippen LogP contribution in [0.4, 0.5) is 0 Å². The van der Waals surface area contributed by atoms with E-state index in [0.717, 1.165) is 6.07 Å². The van der Waals surface area contributed by atoms with Crippen molar-refractivity contribution in [3.8, 4) is 17.2 Å². The largest absolute Gasteiger partial charge is 0.504 e. The van der Waals surface area contributed by atoms with E-state index in [1.165, 1.54) is 19.2 Å². The maximum atomic E-state index is 12.4. The van der Waals surface area contributed by atoms with Crippen LogP contribution in [-0.2, 0) is 9.84 Å². The van der Waals surface area contributed by atoms with Crippen LogP contribution >= 0.6 is 0 Å². The van der Waals surface area contributed by atoms with Gasteiger partial charge in [-0.25, -0.2) is 13.2 Å². The first-order chi connectivity index (χ1) is 11.8. The Morgan fingerprint density at radius 1 is 1.20 bits per heavy atom. The van der Waals surface area contributed by atoms with Crippen molar-refractivity contribution in [3.63, 3.8) is 0 Å². The molecule has 0 saturated carbocycles. The molecule has 25 heavy (non-hydrogen) atoms. The number of aromatic carboxylic acids is 1. The fourth-order valence-corrected chi connectivity index (χ4v) is 3.64. The standard InChI is InChI=1S/C17H18O7S/c1-11-5-3-4-6-15(11)25(21,22)8-7-24-12-9-13(17(19)20)16(18)14(10-12)23-2/h3-6,9-10,18H,7-8H2,1-2H3,(H,19,20). The number of sulfone groups is 1. The van der Waals surface area contributed by atoms with Gasteiger partial charge in [-0.3, -0.25) is 0 Å². The van der Waals surface area contributed by atoms with E-state index in [-0.39, 0.29) is 28.8 Å². The van der Waals surface area contributed by atoms with Crippen molar-refractivity contribution in [2.45, 2.75) is 11.8 Å². The Labute approximate surface area is 145 Å². The fraction of sp³-hybridized carbons (Fsp3) is 0.235. The van der Waals surface area contributed by atoms with E-state index in [1.54, 1.807) is 25.1 Å². The number of hydrogen-bond donors (Lipinski definition) is 2. The van der Waals surface area contributed by atoms with Crippen LogP contribution in [0.2, 0.25) is 0 Å². The summed E-state index contributed by atoms with van der Waals surface area (Å²) in [7, 11) is -2.26. The monoisotopic (exact) mass is 366 g/mol. The number of carboxylic acids is 1. The van der Waals surface area contributed by atoms with Crippen molar-refractivity contribution in [1.29, 1.82) is 0 Å². The summed E-state index contributed by atoms with van der Waals surface area (Å²) in [5.74, 6) is -2.13. The lowest BCUT2D eigenvalue weighted by molar-refractivity contribution is 0.0692. The van der Waals surface area contributed by atoms with Crippen LogP contribution < -0.4 is 9.47 Å². The molecule has 0 spiro atoms. The fourth-order valence-electron chi connectivity index (χ4n) is 2.27. The van der Waals surface area contributed by atoms with Crippen molar-refractivity contribution in [2.24, 2.45) is 0 Å². The van der Waals surface area contributed by atoms with Gasteiger partial charge in [0.1, 0.15) is 17.9 Å². The summed E-state index contributed by atoms with van der Waals surface area (Å²) in [6.45, 7) is 1.53. The molecule has 0 amide bonds. The lowest BCUT2D eigenvalue weighted by atomic mass is 10.1. The first-order valence-corrected chi connectivity index (χ1v) is 8.97. The van der Waals surface area contributed by atoms with Gasteiger partial charge in [-0.05, 0) is 24.6 Å². The number of rotatable bonds is 7. The molecule has 0 radical (unpaired) electrons. The second-order valence-electron chi connectivity index (χ2n) is 5.26. The third-order valence-corrected chi connectivity index (χ3v) is 5.38. The van der Waals surface area contributed by atoms with Crippen LogP contribution in [0.3, 0.4) is 0 Å². The summed E-state index contributed by atoms with van der Waals surface area (Å²) < 4.78 is 35.0. The van der Waals surface area contributed by atoms with Crippen LogP contribution in [0.1, 0.15) is 15.9 Å². The summed E-state index contributed by atoms with van der Waals surface area (Å²) in [6, 6.07) is 9.03. The lowest BCUT2D eigenvalue weighted by Gasteiger charge is -2.12. The molecule has 2 aromatic carbocycles. The number of carboxylic acid groups (broad SMARTS) is 1. The number of carbonyl (C=O) groups is 1. The molecular formula is C17H18O7S. The quantitative estimate of drug-likeness (QED) is 0.773. The molecule has 2 N–H and O–H groups in total. The van der Waals surface area contributed by atoms with Gasteiger partial charge in [0.05, 0.1) is 17.8 Å². The second-order valence-corrected chi connectivity index (χ2v) is 7.34. The highest BCUT2D eigenvalue weighted by Crippen LogP contribution is 2.34. The highest BCUT2D eigenvalue weighted by Gasteiger charge is 2.19. The Kier molecular flexibility index (Phi) is 5.53.